The highest BCUT2D eigenvalue weighted by Gasteiger charge is 2.31. The molecule has 2 N–H and O–H groups in total. The van der Waals surface area contributed by atoms with Gasteiger partial charge in [0.15, 0.2) is 0 Å². The van der Waals surface area contributed by atoms with Crippen LogP contribution in [0, 0.1) is 24.6 Å². The molecule has 0 amide bonds. The first-order chi connectivity index (χ1) is 15.3. The minimum atomic E-state index is -0.646. The van der Waals surface area contributed by atoms with Crippen molar-refractivity contribution < 1.29 is 13.6 Å². The first-order valence-corrected chi connectivity index (χ1v) is 10.6. The second kappa shape index (κ2) is 8.98. The van der Waals surface area contributed by atoms with Crippen LogP contribution < -0.4 is 5.73 Å². The van der Waals surface area contributed by atoms with Gasteiger partial charge < -0.3 is 10.6 Å². The molecule has 4 rings (SSSR count). The predicted octanol–water partition coefficient (Wildman–Crippen LogP) is 4.81. The van der Waals surface area contributed by atoms with Crippen LogP contribution in [0.3, 0.4) is 0 Å². The van der Waals surface area contributed by atoms with Gasteiger partial charge in [0, 0.05) is 23.7 Å². The average Bonchev–Trinajstić information content (AvgIpc) is 2.73. The summed E-state index contributed by atoms with van der Waals surface area (Å²) in [5.74, 6) is -0.721. The first-order valence-electron chi connectivity index (χ1n) is 10.6. The average molecular weight is 437 g/mol. The molecule has 0 bridgehead atoms. The van der Waals surface area contributed by atoms with Crippen LogP contribution in [-0.2, 0) is 11.3 Å². The molecule has 0 radical (unpaired) electrons. The van der Waals surface area contributed by atoms with Gasteiger partial charge in [0.1, 0.15) is 12.4 Å². The van der Waals surface area contributed by atoms with Crippen LogP contribution in [0.1, 0.15) is 48.7 Å². The van der Waals surface area contributed by atoms with Crippen molar-refractivity contribution in [3.05, 3.63) is 70.8 Å². The van der Waals surface area contributed by atoms with Crippen molar-refractivity contribution in [3.8, 4) is 11.1 Å². The standard InChI is InChI=1S/C24H25F2N5O/c1-13(2)12-32-31-21-10-15(9-20-22(21)14(3)29-24(27)30-20)17-7-6-16(25)11-19(17)18-5-4-8-28-23(18)26/h4-8,11,13,15H,9-10,12H2,1-3H3,(H2,27,29,30)/b31-21+. The summed E-state index contributed by atoms with van der Waals surface area (Å²) in [6, 6.07) is 7.65. The first kappa shape index (κ1) is 21.8. The van der Waals surface area contributed by atoms with E-state index in [4.69, 9.17) is 10.6 Å². The van der Waals surface area contributed by atoms with Crippen LogP contribution >= 0.6 is 0 Å². The van der Waals surface area contributed by atoms with E-state index in [1.54, 1.807) is 18.2 Å². The Morgan fingerprint density at radius 3 is 2.72 bits per heavy atom. The Morgan fingerprint density at radius 1 is 1.16 bits per heavy atom. The molecule has 1 aliphatic carbocycles. The molecule has 0 aliphatic heterocycles. The maximum atomic E-state index is 14.5. The molecule has 32 heavy (non-hydrogen) atoms. The summed E-state index contributed by atoms with van der Waals surface area (Å²) in [5.41, 5.74) is 10.4. The van der Waals surface area contributed by atoms with Gasteiger partial charge in [-0.2, -0.15) is 4.39 Å². The number of benzene rings is 1. The summed E-state index contributed by atoms with van der Waals surface area (Å²) in [6.07, 6.45) is 2.42. The summed E-state index contributed by atoms with van der Waals surface area (Å²) < 4.78 is 28.7. The molecule has 166 valence electrons. The predicted molar refractivity (Wildman–Crippen MR) is 119 cm³/mol. The normalized spacial score (nSPS) is 16.9. The Kier molecular flexibility index (Phi) is 6.12. The molecule has 0 saturated carbocycles. The van der Waals surface area contributed by atoms with E-state index in [0.717, 1.165) is 22.5 Å². The van der Waals surface area contributed by atoms with Gasteiger partial charge in [-0.05, 0) is 60.6 Å². The number of aromatic nitrogens is 3. The number of fused-ring (bicyclic) bond motifs is 1. The zero-order valence-electron chi connectivity index (χ0n) is 18.3. The van der Waals surface area contributed by atoms with Crippen molar-refractivity contribution in [2.24, 2.45) is 11.1 Å². The largest absolute Gasteiger partial charge is 0.395 e. The number of halogens is 2. The highest BCUT2D eigenvalue weighted by molar-refractivity contribution is 6.03. The van der Waals surface area contributed by atoms with Gasteiger partial charge in [0.25, 0.3) is 0 Å². The topological polar surface area (TPSA) is 86.3 Å². The number of nitrogens with zero attached hydrogens (tertiary/aromatic N) is 4. The highest BCUT2D eigenvalue weighted by Crippen LogP contribution is 2.39. The van der Waals surface area contributed by atoms with Crippen LogP contribution in [-0.4, -0.2) is 27.3 Å². The van der Waals surface area contributed by atoms with Gasteiger partial charge in [-0.3, -0.25) is 0 Å². The van der Waals surface area contributed by atoms with Crippen molar-refractivity contribution in [2.45, 2.75) is 39.5 Å². The molecular weight excluding hydrogens is 412 g/mol. The Bertz CT molecular complexity index is 1180. The molecule has 1 aliphatic rings. The molecule has 0 saturated heterocycles. The second-order valence-electron chi connectivity index (χ2n) is 8.40. The zero-order valence-corrected chi connectivity index (χ0v) is 18.3. The number of oxime groups is 1. The summed E-state index contributed by atoms with van der Waals surface area (Å²) in [5, 5.41) is 4.40. The number of anilines is 1. The fourth-order valence-corrected chi connectivity index (χ4v) is 4.09. The third kappa shape index (κ3) is 4.44. The number of rotatable bonds is 5. The minimum absolute atomic E-state index is 0.132. The lowest BCUT2D eigenvalue weighted by Crippen LogP contribution is -2.24. The van der Waals surface area contributed by atoms with E-state index in [1.165, 1.54) is 18.3 Å². The van der Waals surface area contributed by atoms with Gasteiger partial charge >= 0.3 is 0 Å². The summed E-state index contributed by atoms with van der Waals surface area (Å²) >= 11 is 0. The molecule has 2 aromatic heterocycles. The molecule has 1 atom stereocenters. The third-order valence-electron chi connectivity index (χ3n) is 5.44. The number of nitrogen functional groups attached to an aromatic ring is 1. The van der Waals surface area contributed by atoms with E-state index in [1.807, 2.05) is 20.8 Å². The fourth-order valence-electron chi connectivity index (χ4n) is 4.09. The minimum Gasteiger partial charge on any atom is -0.395 e. The molecule has 8 heteroatoms. The molecule has 1 aromatic carbocycles. The smallest absolute Gasteiger partial charge is 0.220 e. The summed E-state index contributed by atoms with van der Waals surface area (Å²) in [7, 11) is 0. The maximum absolute atomic E-state index is 14.5. The van der Waals surface area contributed by atoms with E-state index in [9.17, 15) is 8.78 Å². The van der Waals surface area contributed by atoms with Gasteiger partial charge in [0.05, 0.1) is 17.1 Å². The van der Waals surface area contributed by atoms with Gasteiger partial charge in [-0.15, -0.1) is 0 Å². The van der Waals surface area contributed by atoms with Crippen LogP contribution in [0.15, 0.2) is 41.7 Å². The summed E-state index contributed by atoms with van der Waals surface area (Å²) in [4.78, 5) is 18.1. The van der Waals surface area contributed by atoms with Crippen molar-refractivity contribution in [1.82, 2.24) is 15.0 Å². The Morgan fingerprint density at radius 2 is 1.97 bits per heavy atom. The Balaban J connectivity index is 1.81. The number of aryl methyl sites for hydroxylation is 1. The van der Waals surface area contributed by atoms with Crippen LogP contribution in [0.5, 0.6) is 0 Å². The second-order valence-corrected chi connectivity index (χ2v) is 8.40. The molecule has 1 unspecified atom stereocenters. The molecule has 0 fully saturated rings. The monoisotopic (exact) mass is 437 g/mol. The lowest BCUT2D eigenvalue weighted by atomic mass is 9.78. The SMILES string of the molecule is Cc1nc(N)nc2c1/C(=N/OCC(C)C)CC(c1ccc(F)cc1-c1cccnc1F)C2. The van der Waals surface area contributed by atoms with Gasteiger partial charge in [-0.1, -0.05) is 25.1 Å². The van der Waals surface area contributed by atoms with Crippen molar-refractivity contribution in [3.63, 3.8) is 0 Å². The van der Waals surface area contributed by atoms with Crippen molar-refractivity contribution >= 4 is 11.7 Å². The molecule has 6 nitrogen and oxygen atoms in total. The maximum Gasteiger partial charge on any atom is 0.220 e. The summed E-state index contributed by atoms with van der Waals surface area (Å²) in [6.45, 7) is 6.42. The molecule has 2 heterocycles. The lowest BCUT2D eigenvalue weighted by molar-refractivity contribution is 0.117. The van der Waals surface area contributed by atoms with Crippen LogP contribution in [0.25, 0.3) is 11.1 Å². The van der Waals surface area contributed by atoms with Gasteiger partial charge in [0.2, 0.25) is 11.9 Å². The quantitative estimate of drug-likeness (QED) is 0.457. The van der Waals surface area contributed by atoms with Crippen LogP contribution in [0.2, 0.25) is 0 Å². The number of hydrogen-bond acceptors (Lipinski definition) is 6. The number of nitrogens with two attached hydrogens (primary N) is 1. The van der Waals surface area contributed by atoms with Crippen molar-refractivity contribution in [1.29, 1.82) is 0 Å². The van der Waals surface area contributed by atoms with E-state index in [-0.39, 0.29) is 17.4 Å². The van der Waals surface area contributed by atoms with E-state index < -0.39 is 11.8 Å². The van der Waals surface area contributed by atoms with E-state index >= 15 is 0 Å². The Labute approximate surface area is 185 Å². The third-order valence-corrected chi connectivity index (χ3v) is 5.44. The van der Waals surface area contributed by atoms with Crippen molar-refractivity contribution in [2.75, 3.05) is 12.3 Å². The van der Waals surface area contributed by atoms with Crippen LogP contribution in [0.4, 0.5) is 14.7 Å². The van der Waals surface area contributed by atoms with Gasteiger partial charge in [-0.25, -0.2) is 19.3 Å². The number of hydrogen-bond donors (Lipinski definition) is 1. The Hall–Kier alpha value is -3.42. The number of pyridine rings is 1. The van der Waals surface area contributed by atoms with E-state index in [0.29, 0.717) is 36.6 Å². The van der Waals surface area contributed by atoms with E-state index in [2.05, 4.69) is 20.1 Å². The molecular formula is C24H25F2N5O. The zero-order chi connectivity index (χ0) is 22.8. The lowest BCUT2D eigenvalue weighted by Gasteiger charge is -2.28. The fraction of sp³-hybridized carbons (Fsp3) is 0.333. The highest BCUT2D eigenvalue weighted by atomic mass is 19.1. The molecule has 3 aromatic rings. The molecule has 0 spiro atoms.